The van der Waals surface area contributed by atoms with E-state index in [2.05, 4.69) is 5.32 Å². The minimum atomic E-state index is -0.0882. The minimum Gasteiger partial charge on any atom is -0.490 e. The van der Waals surface area contributed by atoms with Gasteiger partial charge in [0.2, 0.25) is 5.91 Å². The summed E-state index contributed by atoms with van der Waals surface area (Å²) in [7, 11) is 0. The quantitative estimate of drug-likeness (QED) is 0.876. The molecule has 2 atom stereocenters. The van der Waals surface area contributed by atoms with Crippen LogP contribution in [0.3, 0.4) is 0 Å². The first-order valence-electron chi connectivity index (χ1n) is 7.70. The average molecular weight is 290 g/mol. The Hall–Kier alpha value is -1.75. The predicted molar refractivity (Wildman–Crippen MR) is 80.6 cm³/mol. The van der Waals surface area contributed by atoms with Crippen molar-refractivity contribution in [3.8, 4) is 11.5 Å². The third-order valence-electron chi connectivity index (χ3n) is 4.17. The fraction of sp³-hybridized carbons (Fsp3) is 0.562. The lowest BCUT2D eigenvalue weighted by molar-refractivity contribution is -0.121. The van der Waals surface area contributed by atoms with Crippen LogP contribution in [0.2, 0.25) is 0 Å². The summed E-state index contributed by atoms with van der Waals surface area (Å²) in [6.07, 6.45) is 4.87. The summed E-state index contributed by atoms with van der Waals surface area (Å²) in [5.41, 5.74) is 6.80. The maximum atomic E-state index is 12.4. The normalized spacial score (nSPS) is 25.0. The molecule has 1 fully saturated rings. The monoisotopic (exact) mass is 290 g/mol. The molecule has 1 aromatic rings. The molecule has 1 aliphatic heterocycles. The first-order chi connectivity index (χ1) is 10.2. The van der Waals surface area contributed by atoms with E-state index in [-0.39, 0.29) is 17.9 Å². The Morgan fingerprint density at radius 2 is 1.86 bits per heavy atom. The van der Waals surface area contributed by atoms with Gasteiger partial charge in [-0.1, -0.05) is 12.8 Å². The van der Waals surface area contributed by atoms with Crippen LogP contribution in [0.4, 0.5) is 5.69 Å². The first kappa shape index (κ1) is 14.2. The summed E-state index contributed by atoms with van der Waals surface area (Å²) in [4.78, 5) is 12.4. The van der Waals surface area contributed by atoms with Crippen molar-refractivity contribution < 1.29 is 14.3 Å². The molecule has 1 heterocycles. The summed E-state index contributed by atoms with van der Waals surface area (Å²) in [6, 6.07) is 5.49. The van der Waals surface area contributed by atoms with Crippen LogP contribution >= 0.6 is 0 Å². The number of nitrogens with two attached hydrogens (primary N) is 1. The van der Waals surface area contributed by atoms with Crippen molar-refractivity contribution in [1.82, 2.24) is 0 Å². The van der Waals surface area contributed by atoms with Crippen molar-refractivity contribution in [3.63, 3.8) is 0 Å². The molecular weight excluding hydrogens is 268 g/mol. The fourth-order valence-corrected chi connectivity index (χ4v) is 2.96. The van der Waals surface area contributed by atoms with E-state index in [1.54, 1.807) is 0 Å². The second-order valence-corrected chi connectivity index (χ2v) is 5.76. The largest absolute Gasteiger partial charge is 0.490 e. The van der Waals surface area contributed by atoms with Gasteiger partial charge in [-0.3, -0.25) is 4.79 Å². The fourth-order valence-electron chi connectivity index (χ4n) is 2.96. The number of hydrogen-bond donors (Lipinski definition) is 2. The third kappa shape index (κ3) is 3.29. The van der Waals surface area contributed by atoms with E-state index in [4.69, 9.17) is 15.2 Å². The Bertz CT molecular complexity index is 518. The van der Waals surface area contributed by atoms with Gasteiger partial charge in [0.15, 0.2) is 11.5 Å². The van der Waals surface area contributed by atoms with E-state index in [0.717, 1.165) is 43.5 Å². The summed E-state index contributed by atoms with van der Waals surface area (Å²) in [5.74, 6) is 1.35. The van der Waals surface area contributed by atoms with Gasteiger partial charge in [-0.15, -0.1) is 0 Å². The van der Waals surface area contributed by atoms with Crippen molar-refractivity contribution >= 4 is 11.6 Å². The molecule has 5 nitrogen and oxygen atoms in total. The standard InChI is InChI=1S/C16H22N2O3/c17-13-5-2-1-4-12(13)16(19)18-11-6-7-14-15(10-11)21-9-3-8-20-14/h6-7,10,12-13H,1-5,8-9,17H2,(H,18,19). The van der Waals surface area contributed by atoms with Crippen LogP contribution < -0.4 is 20.5 Å². The molecular formula is C16H22N2O3. The summed E-state index contributed by atoms with van der Waals surface area (Å²) >= 11 is 0. The summed E-state index contributed by atoms with van der Waals surface area (Å²) in [6.45, 7) is 1.30. The number of fused-ring (bicyclic) bond motifs is 1. The van der Waals surface area contributed by atoms with Gasteiger partial charge in [-0.05, 0) is 25.0 Å². The highest BCUT2D eigenvalue weighted by atomic mass is 16.5. The lowest BCUT2D eigenvalue weighted by Gasteiger charge is -2.27. The van der Waals surface area contributed by atoms with E-state index < -0.39 is 0 Å². The molecule has 114 valence electrons. The third-order valence-corrected chi connectivity index (χ3v) is 4.17. The molecule has 1 amide bonds. The summed E-state index contributed by atoms with van der Waals surface area (Å²) in [5, 5.41) is 2.96. The number of anilines is 1. The molecule has 1 saturated carbocycles. The lowest BCUT2D eigenvalue weighted by Crippen LogP contribution is -2.40. The minimum absolute atomic E-state index is 0.0108. The first-order valence-corrected chi connectivity index (χ1v) is 7.70. The Balaban J connectivity index is 1.69. The zero-order valence-electron chi connectivity index (χ0n) is 12.1. The Labute approximate surface area is 124 Å². The second kappa shape index (κ2) is 6.35. The predicted octanol–water partition coefficient (Wildman–Crippen LogP) is 2.30. The number of amides is 1. The Kier molecular flexibility index (Phi) is 4.29. The van der Waals surface area contributed by atoms with Crippen LogP contribution in [-0.2, 0) is 4.79 Å². The molecule has 0 radical (unpaired) electrons. The Morgan fingerprint density at radius 3 is 2.67 bits per heavy atom. The van der Waals surface area contributed by atoms with Gasteiger partial charge in [0.05, 0.1) is 19.1 Å². The lowest BCUT2D eigenvalue weighted by atomic mass is 9.84. The molecule has 1 aromatic carbocycles. The smallest absolute Gasteiger partial charge is 0.229 e. The van der Waals surface area contributed by atoms with Gasteiger partial charge in [-0.25, -0.2) is 0 Å². The van der Waals surface area contributed by atoms with E-state index in [0.29, 0.717) is 19.0 Å². The van der Waals surface area contributed by atoms with Crippen molar-refractivity contribution in [2.75, 3.05) is 18.5 Å². The number of carbonyl (C=O) groups excluding carboxylic acids is 1. The van der Waals surface area contributed by atoms with E-state index in [1.165, 1.54) is 0 Å². The van der Waals surface area contributed by atoms with Crippen molar-refractivity contribution in [2.24, 2.45) is 11.7 Å². The molecule has 2 aliphatic rings. The van der Waals surface area contributed by atoms with Gasteiger partial charge in [0.1, 0.15) is 0 Å². The topological polar surface area (TPSA) is 73.6 Å². The van der Waals surface area contributed by atoms with Gasteiger partial charge < -0.3 is 20.5 Å². The number of carbonyl (C=O) groups is 1. The average Bonchev–Trinajstić information content (AvgIpc) is 2.72. The van der Waals surface area contributed by atoms with Crippen LogP contribution in [0, 0.1) is 5.92 Å². The van der Waals surface area contributed by atoms with Crippen molar-refractivity contribution in [2.45, 2.75) is 38.1 Å². The highest BCUT2D eigenvalue weighted by Crippen LogP contribution is 2.33. The molecule has 5 heteroatoms. The number of rotatable bonds is 2. The van der Waals surface area contributed by atoms with Crippen LogP contribution in [0.25, 0.3) is 0 Å². The van der Waals surface area contributed by atoms with E-state index >= 15 is 0 Å². The zero-order valence-corrected chi connectivity index (χ0v) is 12.1. The van der Waals surface area contributed by atoms with E-state index in [9.17, 15) is 4.79 Å². The van der Waals surface area contributed by atoms with Crippen molar-refractivity contribution in [1.29, 1.82) is 0 Å². The molecule has 3 rings (SSSR count). The highest BCUT2D eigenvalue weighted by Gasteiger charge is 2.28. The molecule has 0 bridgehead atoms. The molecule has 0 aromatic heterocycles. The number of nitrogens with one attached hydrogen (secondary N) is 1. The van der Waals surface area contributed by atoms with Crippen LogP contribution in [0.15, 0.2) is 18.2 Å². The van der Waals surface area contributed by atoms with Gasteiger partial charge in [0, 0.05) is 24.2 Å². The Morgan fingerprint density at radius 1 is 1.10 bits per heavy atom. The van der Waals surface area contributed by atoms with E-state index in [1.807, 2.05) is 18.2 Å². The van der Waals surface area contributed by atoms with Crippen molar-refractivity contribution in [3.05, 3.63) is 18.2 Å². The van der Waals surface area contributed by atoms with Crippen LogP contribution in [-0.4, -0.2) is 25.2 Å². The van der Waals surface area contributed by atoms with Gasteiger partial charge in [-0.2, -0.15) is 0 Å². The molecule has 0 saturated heterocycles. The SMILES string of the molecule is NC1CCCCC1C(=O)Nc1ccc2c(c1)OCCCO2. The summed E-state index contributed by atoms with van der Waals surface area (Å²) < 4.78 is 11.2. The maximum absolute atomic E-state index is 12.4. The van der Waals surface area contributed by atoms with Crippen LogP contribution in [0.5, 0.6) is 11.5 Å². The maximum Gasteiger partial charge on any atom is 0.229 e. The molecule has 21 heavy (non-hydrogen) atoms. The molecule has 1 aliphatic carbocycles. The zero-order chi connectivity index (χ0) is 14.7. The second-order valence-electron chi connectivity index (χ2n) is 5.76. The van der Waals surface area contributed by atoms with Gasteiger partial charge >= 0.3 is 0 Å². The van der Waals surface area contributed by atoms with Crippen LogP contribution in [0.1, 0.15) is 32.1 Å². The molecule has 0 spiro atoms. The number of ether oxygens (including phenoxy) is 2. The number of hydrogen-bond acceptors (Lipinski definition) is 4. The van der Waals surface area contributed by atoms with Gasteiger partial charge in [0.25, 0.3) is 0 Å². The molecule has 3 N–H and O–H groups in total. The molecule has 2 unspecified atom stereocenters. The highest BCUT2D eigenvalue weighted by molar-refractivity contribution is 5.93. The number of benzene rings is 1.